The van der Waals surface area contributed by atoms with Crippen LogP contribution in [0.5, 0.6) is 0 Å². The molecule has 1 unspecified atom stereocenters. The van der Waals surface area contributed by atoms with E-state index in [0.717, 1.165) is 11.2 Å². The molecular weight excluding hydrogens is 262 g/mol. The van der Waals surface area contributed by atoms with Crippen molar-refractivity contribution in [1.82, 2.24) is 0 Å². The molecule has 1 aromatic rings. The minimum absolute atomic E-state index is 0.602. The Kier molecular flexibility index (Phi) is 4.93. The fourth-order valence-corrected chi connectivity index (χ4v) is 4.77. The Bertz CT molecular complexity index is 421. The van der Waals surface area contributed by atoms with Crippen LogP contribution in [0.15, 0.2) is 29.2 Å². The van der Waals surface area contributed by atoms with Gasteiger partial charge in [-0.25, -0.2) is 0 Å². The van der Waals surface area contributed by atoms with Crippen molar-refractivity contribution in [2.45, 2.75) is 74.5 Å². The van der Waals surface area contributed by atoms with Gasteiger partial charge in [0.2, 0.25) is 0 Å². The highest BCUT2D eigenvalue weighted by molar-refractivity contribution is 8.00. The summed E-state index contributed by atoms with van der Waals surface area (Å²) in [6, 6.07) is 9.50. The maximum atomic E-state index is 3.76. The van der Waals surface area contributed by atoms with Crippen LogP contribution in [0.1, 0.15) is 58.3 Å². The number of nitrogens with one attached hydrogen (secondary N) is 1. The highest BCUT2D eigenvalue weighted by Crippen LogP contribution is 2.38. The van der Waals surface area contributed by atoms with Gasteiger partial charge in [0.05, 0.1) is 0 Å². The van der Waals surface area contributed by atoms with Crippen molar-refractivity contribution in [1.29, 1.82) is 0 Å². The maximum Gasteiger partial charge on any atom is 0.0480 e. The maximum absolute atomic E-state index is 3.76. The van der Waals surface area contributed by atoms with E-state index < -0.39 is 0 Å². The summed E-state index contributed by atoms with van der Waals surface area (Å²) in [5.41, 5.74) is 1.36. The van der Waals surface area contributed by atoms with Crippen molar-refractivity contribution in [3.63, 3.8) is 0 Å². The van der Waals surface area contributed by atoms with Crippen LogP contribution in [0.4, 0.5) is 5.69 Å². The predicted octanol–water partition coefficient (Wildman–Crippen LogP) is 5.71. The Hall–Kier alpha value is -0.630. The quantitative estimate of drug-likeness (QED) is 0.719. The molecule has 0 amide bonds. The Morgan fingerprint density at radius 3 is 2.55 bits per heavy atom. The second-order valence-corrected chi connectivity index (χ2v) is 7.94. The molecule has 0 heterocycles. The van der Waals surface area contributed by atoms with Crippen LogP contribution in [0.2, 0.25) is 0 Å². The van der Waals surface area contributed by atoms with E-state index in [1.54, 1.807) is 0 Å². The zero-order valence-corrected chi connectivity index (χ0v) is 13.4. The Morgan fingerprint density at radius 1 is 1.10 bits per heavy atom. The highest BCUT2D eigenvalue weighted by Gasteiger charge is 2.21. The van der Waals surface area contributed by atoms with Gasteiger partial charge < -0.3 is 5.32 Å². The molecule has 2 heteroatoms. The van der Waals surface area contributed by atoms with E-state index in [1.165, 1.54) is 61.9 Å². The van der Waals surface area contributed by atoms with E-state index in [-0.39, 0.29) is 0 Å². The number of para-hydroxylation sites is 1. The number of hydrogen-bond acceptors (Lipinski definition) is 2. The van der Waals surface area contributed by atoms with Gasteiger partial charge in [-0.3, -0.25) is 0 Å². The summed E-state index contributed by atoms with van der Waals surface area (Å²) >= 11 is 2.10. The molecule has 2 aliphatic carbocycles. The van der Waals surface area contributed by atoms with E-state index >= 15 is 0 Å². The minimum Gasteiger partial charge on any atom is -0.382 e. The lowest BCUT2D eigenvalue weighted by Crippen LogP contribution is -2.23. The van der Waals surface area contributed by atoms with Gasteiger partial charge in [0.15, 0.2) is 0 Å². The normalized spacial score (nSPS) is 21.6. The first-order valence-corrected chi connectivity index (χ1v) is 9.21. The van der Waals surface area contributed by atoms with Gasteiger partial charge in [0.1, 0.15) is 0 Å². The number of anilines is 1. The lowest BCUT2D eigenvalue weighted by molar-refractivity contribution is 0.286. The SMILES string of the molecule is CC(CC1CCC1)Nc1ccccc1SC1CCCC1. The first kappa shape index (κ1) is 14.3. The number of benzene rings is 1. The summed E-state index contributed by atoms with van der Waals surface area (Å²) in [5, 5.41) is 4.61. The Morgan fingerprint density at radius 2 is 1.85 bits per heavy atom. The summed E-state index contributed by atoms with van der Waals surface area (Å²) in [7, 11) is 0. The number of rotatable bonds is 6. The molecule has 0 radical (unpaired) electrons. The second kappa shape index (κ2) is 6.89. The third kappa shape index (κ3) is 3.72. The van der Waals surface area contributed by atoms with Gasteiger partial charge in [-0.15, -0.1) is 11.8 Å². The van der Waals surface area contributed by atoms with E-state index in [4.69, 9.17) is 0 Å². The first-order valence-electron chi connectivity index (χ1n) is 8.33. The van der Waals surface area contributed by atoms with Crippen molar-refractivity contribution >= 4 is 17.4 Å². The average Bonchev–Trinajstić information content (AvgIpc) is 2.89. The molecule has 1 N–H and O–H groups in total. The molecule has 2 aliphatic rings. The standard InChI is InChI=1S/C18H27NS/c1-14(13-15-7-6-8-15)19-17-11-4-5-12-18(17)20-16-9-2-3-10-16/h4-5,11-12,14-16,19H,2-3,6-10,13H2,1H3. The van der Waals surface area contributed by atoms with Crippen LogP contribution in [0.25, 0.3) is 0 Å². The molecule has 0 aromatic heterocycles. The van der Waals surface area contributed by atoms with E-state index in [9.17, 15) is 0 Å². The summed E-state index contributed by atoms with van der Waals surface area (Å²) < 4.78 is 0. The van der Waals surface area contributed by atoms with E-state index in [0.29, 0.717) is 6.04 Å². The van der Waals surface area contributed by atoms with Crippen LogP contribution >= 0.6 is 11.8 Å². The first-order chi connectivity index (χ1) is 9.81. The number of thioether (sulfide) groups is 1. The molecule has 1 atom stereocenters. The van der Waals surface area contributed by atoms with Gasteiger partial charge in [0.25, 0.3) is 0 Å². The van der Waals surface area contributed by atoms with Gasteiger partial charge in [0, 0.05) is 21.9 Å². The third-order valence-corrected chi connectivity index (χ3v) is 6.21. The molecule has 0 bridgehead atoms. The van der Waals surface area contributed by atoms with Gasteiger partial charge in [-0.05, 0) is 44.2 Å². The van der Waals surface area contributed by atoms with Crippen LogP contribution in [0.3, 0.4) is 0 Å². The number of hydrogen-bond donors (Lipinski definition) is 1. The van der Waals surface area contributed by atoms with Crippen LogP contribution in [0, 0.1) is 5.92 Å². The van der Waals surface area contributed by atoms with E-state index in [1.807, 2.05) is 0 Å². The molecule has 3 rings (SSSR count). The fraction of sp³-hybridized carbons (Fsp3) is 0.667. The molecule has 1 aromatic carbocycles. The van der Waals surface area contributed by atoms with Gasteiger partial charge >= 0.3 is 0 Å². The summed E-state index contributed by atoms with van der Waals surface area (Å²) in [5.74, 6) is 0.979. The van der Waals surface area contributed by atoms with Crippen molar-refractivity contribution in [3.05, 3.63) is 24.3 Å². The molecule has 110 valence electrons. The molecule has 2 fully saturated rings. The molecule has 1 nitrogen and oxygen atoms in total. The van der Waals surface area contributed by atoms with E-state index in [2.05, 4.69) is 48.3 Å². The Labute approximate surface area is 127 Å². The van der Waals surface area contributed by atoms with Gasteiger partial charge in [-0.1, -0.05) is 44.2 Å². The highest BCUT2D eigenvalue weighted by atomic mass is 32.2. The predicted molar refractivity (Wildman–Crippen MR) is 89.6 cm³/mol. The topological polar surface area (TPSA) is 12.0 Å². The van der Waals surface area contributed by atoms with Crippen LogP contribution in [-0.2, 0) is 0 Å². The monoisotopic (exact) mass is 289 g/mol. The van der Waals surface area contributed by atoms with Crippen molar-refractivity contribution < 1.29 is 0 Å². The van der Waals surface area contributed by atoms with Crippen molar-refractivity contribution in [2.24, 2.45) is 5.92 Å². The molecular formula is C18H27NS. The third-order valence-electron chi connectivity index (χ3n) is 4.80. The van der Waals surface area contributed by atoms with Crippen LogP contribution < -0.4 is 5.32 Å². The largest absolute Gasteiger partial charge is 0.382 e. The summed E-state index contributed by atoms with van der Waals surface area (Å²) in [6.07, 6.45) is 11.3. The second-order valence-electron chi connectivity index (χ2n) is 6.60. The average molecular weight is 289 g/mol. The molecule has 2 saturated carbocycles. The minimum atomic E-state index is 0.602. The smallest absolute Gasteiger partial charge is 0.0480 e. The van der Waals surface area contributed by atoms with Crippen LogP contribution in [-0.4, -0.2) is 11.3 Å². The van der Waals surface area contributed by atoms with Crippen molar-refractivity contribution in [3.8, 4) is 0 Å². The Balaban J connectivity index is 1.59. The summed E-state index contributed by atoms with van der Waals surface area (Å²) in [4.78, 5) is 1.46. The fourth-order valence-electron chi connectivity index (χ4n) is 3.43. The van der Waals surface area contributed by atoms with Crippen molar-refractivity contribution in [2.75, 3.05) is 5.32 Å². The molecule has 0 spiro atoms. The lowest BCUT2D eigenvalue weighted by Gasteiger charge is -2.29. The zero-order valence-electron chi connectivity index (χ0n) is 12.6. The lowest BCUT2D eigenvalue weighted by atomic mass is 9.81. The van der Waals surface area contributed by atoms with Gasteiger partial charge in [-0.2, -0.15) is 0 Å². The zero-order chi connectivity index (χ0) is 13.8. The molecule has 0 saturated heterocycles. The molecule has 20 heavy (non-hydrogen) atoms. The summed E-state index contributed by atoms with van der Waals surface area (Å²) in [6.45, 7) is 2.34. The molecule has 0 aliphatic heterocycles.